The third-order valence-electron chi connectivity index (χ3n) is 2.93. The molecule has 0 fully saturated rings. The van der Waals surface area contributed by atoms with Crippen molar-refractivity contribution in [1.29, 1.82) is 0 Å². The molecular formula is C15H22ClNO. The molecule has 1 aromatic rings. The van der Waals surface area contributed by atoms with Crippen LogP contribution in [0, 0.1) is 6.92 Å². The predicted octanol–water partition coefficient (Wildman–Crippen LogP) is 3.41. The summed E-state index contributed by atoms with van der Waals surface area (Å²) in [6.45, 7) is 5.63. The number of aryl methyl sites for hydroxylation is 1. The lowest BCUT2D eigenvalue weighted by Crippen LogP contribution is -2.34. The van der Waals surface area contributed by atoms with Crippen molar-refractivity contribution in [2.75, 3.05) is 19.0 Å². The lowest BCUT2D eigenvalue weighted by molar-refractivity contribution is -0.130. The van der Waals surface area contributed by atoms with Gasteiger partial charge in [0.25, 0.3) is 0 Å². The SMILES string of the molecule is CCCCN(CCCl)C(=O)Cc1cccc(C)c1. The molecule has 0 heterocycles. The van der Waals surface area contributed by atoms with Gasteiger partial charge in [0.2, 0.25) is 5.91 Å². The maximum Gasteiger partial charge on any atom is 0.227 e. The second-order valence-electron chi connectivity index (χ2n) is 4.59. The Morgan fingerprint density at radius 2 is 2.11 bits per heavy atom. The number of carbonyl (C=O) groups is 1. The number of rotatable bonds is 7. The van der Waals surface area contributed by atoms with E-state index < -0.39 is 0 Å². The average molecular weight is 268 g/mol. The van der Waals surface area contributed by atoms with Gasteiger partial charge in [-0.1, -0.05) is 43.2 Å². The van der Waals surface area contributed by atoms with Crippen molar-refractivity contribution in [3.63, 3.8) is 0 Å². The molecule has 2 nitrogen and oxygen atoms in total. The number of alkyl halides is 1. The van der Waals surface area contributed by atoms with Gasteiger partial charge in [0.15, 0.2) is 0 Å². The first-order valence-electron chi connectivity index (χ1n) is 6.56. The van der Waals surface area contributed by atoms with Gasteiger partial charge in [-0.25, -0.2) is 0 Å². The highest BCUT2D eigenvalue weighted by Gasteiger charge is 2.12. The zero-order chi connectivity index (χ0) is 13.4. The fourth-order valence-electron chi connectivity index (χ4n) is 1.92. The molecule has 1 aromatic carbocycles. The van der Waals surface area contributed by atoms with Crippen LogP contribution in [0.25, 0.3) is 0 Å². The molecule has 3 heteroatoms. The Kier molecular flexibility index (Phi) is 6.81. The molecule has 0 bridgehead atoms. The van der Waals surface area contributed by atoms with Gasteiger partial charge in [-0.2, -0.15) is 0 Å². The van der Waals surface area contributed by atoms with E-state index in [1.807, 2.05) is 30.0 Å². The van der Waals surface area contributed by atoms with Crippen molar-refractivity contribution in [2.24, 2.45) is 0 Å². The van der Waals surface area contributed by atoms with Crippen LogP contribution in [0.5, 0.6) is 0 Å². The van der Waals surface area contributed by atoms with Crippen LogP contribution in [0.4, 0.5) is 0 Å². The smallest absolute Gasteiger partial charge is 0.227 e. The number of hydrogen-bond acceptors (Lipinski definition) is 1. The van der Waals surface area contributed by atoms with E-state index in [2.05, 4.69) is 13.0 Å². The maximum absolute atomic E-state index is 12.2. The summed E-state index contributed by atoms with van der Waals surface area (Å²) in [5.41, 5.74) is 2.27. The molecule has 0 aliphatic heterocycles. The molecule has 0 aromatic heterocycles. The van der Waals surface area contributed by atoms with Crippen LogP contribution in [-0.2, 0) is 11.2 Å². The Balaban J connectivity index is 2.60. The number of hydrogen-bond donors (Lipinski definition) is 0. The van der Waals surface area contributed by atoms with Crippen molar-refractivity contribution >= 4 is 17.5 Å². The third kappa shape index (κ3) is 5.09. The summed E-state index contributed by atoms with van der Waals surface area (Å²) in [6, 6.07) is 8.11. The summed E-state index contributed by atoms with van der Waals surface area (Å²) < 4.78 is 0. The molecule has 0 spiro atoms. The summed E-state index contributed by atoms with van der Waals surface area (Å²) in [5.74, 6) is 0.679. The number of unbranched alkanes of at least 4 members (excludes halogenated alkanes) is 1. The first-order chi connectivity index (χ1) is 8.67. The molecule has 100 valence electrons. The van der Waals surface area contributed by atoms with Crippen LogP contribution in [0.1, 0.15) is 30.9 Å². The molecule has 1 amide bonds. The summed E-state index contributed by atoms with van der Waals surface area (Å²) in [5, 5.41) is 0. The van der Waals surface area contributed by atoms with Crippen LogP contribution in [0.2, 0.25) is 0 Å². The summed E-state index contributed by atoms with van der Waals surface area (Å²) in [4.78, 5) is 14.1. The topological polar surface area (TPSA) is 20.3 Å². The Morgan fingerprint density at radius 1 is 1.33 bits per heavy atom. The van der Waals surface area contributed by atoms with Crippen LogP contribution in [0.3, 0.4) is 0 Å². The van der Waals surface area contributed by atoms with E-state index in [1.54, 1.807) is 0 Å². The van der Waals surface area contributed by atoms with E-state index in [-0.39, 0.29) is 5.91 Å². The first kappa shape index (κ1) is 15.0. The zero-order valence-electron chi connectivity index (χ0n) is 11.3. The molecule has 0 N–H and O–H groups in total. The molecule has 0 saturated heterocycles. The average Bonchev–Trinajstić information content (AvgIpc) is 2.34. The Morgan fingerprint density at radius 3 is 2.72 bits per heavy atom. The van der Waals surface area contributed by atoms with Gasteiger partial charge >= 0.3 is 0 Å². The number of amides is 1. The Hall–Kier alpha value is -1.02. The maximum atomic E-state index is 12.2. The van der Waals surface area contributed by atoms with Crippen LogP contribution < -0.4 is 0 Å². The van der Waals surface area contributed by atoms with Gasteiger partial charge in [-0.3, -0.25) is 4.79 Å². The fourth-order valence-corrected chi connectivity index (χ4v) is 2.12. The molecule has 0 radical (unpaired) electrons. The fraction of sp³-hybridized carbons (Fsp3) is 0.533. The highest BCUT2D eigenvalue weighted by Crippen LogP contribution is 2.07. The van der Waals surface area contributed by atoms with Crippen molar-refractivity contribution in [3.8, 4) is 0 Å². The highest BCUT2D eigenvalue weighted by molar-refractivity contribution is 6.18. The van der Waals surface area contributed by atoms with Gasteiger partial charge < -0.3 is 4.90 Å². The molecule has 0 unspecified atom stereocenters. The van der Waals surface area contributed by atoms with E-state index in [9.17, 15) is 4.79 Å². The summed E-state index contributed by atoms with van der Waals surface area (Å²) >= 11 is 5.75. The lowest BCUT2D eigenvalue weighted by atomic mass is 10.1. The summed E-state index contributed by atoms with van der Waals surface area (Å²) in [7, 11) is 0. The second kappa shape index (κ2) is 8.15. The van der Waals surface area contributed by atoms with Crippen LogP contribution in [0.15, 0.2) is 24.3 Å². The second-order valence-corrected chi connectivity index (χ2v) is 4.97. The van der Waals surface area contributed by atoms with E-state index in [4.69, 9.17) is 11.6 Å². The minimum Gasteiger partial charge on any atom is -0.341 e. The van der Waals surface area contributed by atoms with Crippen molar-refractivity contribution < 1.29 is 4.79 Å². The first-order valence-corrected chi connectivity index (χ1v) is 7.10. The normalized spacial score (nSPS) is 10.4. The zero-order valence-corrected chi connectivity index (χ0v) is 12.0. The van der Waals surface area contributed by atoms with E-state index in [0.29, 0.717) is 18.8 Å². The minimum absolute atomic E-state index is 0.176. The van der Waals surface area contributed by atoms with Crippen LogP contribution >= 0.6 is 11.6 Å². The largest absolute Gasteiger partial charge is 0.341 e. The molecule has 0 saturated carbocycles. The summed E-state index contributed by atoms with van der Waals surface area (Å²) in [6.07, 6.45) is 2.61. The van der Waals surface area contributed by atoms with E-state index >= 15 is 0 Å². The molecule has 0 atom stereocenters. The quantitative estimate of drug-likeness (QED) is 0.694. The Bertz CT molecular complexity index is 379. The number of nitrogens with zero attached hydrogens (tertiary/aromatic N) is 1. The van der Waals surface area contributed by atoms with Gasteiger partial charge in [-0.15, -0.1) is 11.6 Å². The molecule has 0 aliphatic carbocycles. The van der Waals surface area contributed by atoms with Gasteiger partial charge in [0, 0.05) is 19.0 Å². The lowest BCUT2D eigenvalue weighted by Gasteiger charge is -2.21. The number of carbonyl (C=O) groups excluding carboxylic acids is 1. The number of benzene rings is 1. The predicted molar refractivity (Wildman–Crippen MR) is 77.1 cm³/mol. The monoisotopic (exact) mass is 267 g/mol. The van der Waals surface area contributed by atoms with Gasteiger partial charge in [0.05, 0.1) is 6.42 Å². The van der Waals surface area contributed by atoms with Crippen molar-refractivity contribution in [1.82, 2.24) is 4.90 Å². The van der Waals surface area contributed by atoms with Gasteiger partial charge in [-0.05, 0) is 18.9 Å². The standard InChI is InChI=1S/C15H22ClNO/c1-3-4-9-17(10-8-16)15(18)12-14-7-5-6-13(2)11-14/h5-7,11H,3-4,8-10,12H2,1-2H3. The van der Waals surface area contributed by atoms with E-state index in [1.165, 1.54) is 5.56 Å². The molecule has 1 rings (SSSR count). The van der Waals surface area contributed by atoms with E-state index in [0.717, 1.165) is 24.9 Å². The molecule has 0 aliphatic rings. The molecule has 18 heavy (non-hydrogen) atoms. The van der Waals surface area contributed by atoms with Crippen molar-refractivity contribution in [2.45, 2.75) is 33.1 Å². The van der Waals surface area contributed by atoms with Gasteiger partial charge in [0.1, 0.15) is 0 Å². The third-order valence-corrected chi connectivity index (χ3v) is 3.10. The van der Waals surface area contributed by atoms with Crippen LogP contribution in [-0.4, -0.2) is 29.8 Å². The highest BCUT2D eigenvalue weighted by atomic mass is 35.5. The molecular weight excluding hydrogens is 246 g/mol. The number of halogens is 1. The van der Waals surface area contributed by atoms with Crippen molar-refractivity contribution in [3.05, 3.63) is 35.4 Å². The minimum atomic E-state index is 0.176. The Labute approximate surface area is 115 Å².